The molecule has 0 aliphatic carbocycles. The Balaban J connectivity index is 1.90. The van der Waals surface area contributed by atoms with Crippen LogP contribution in [0.1, 0.15) is 22.3 Å². The third-order valence-corrected chi connectivity index (χ3v) is 5.91. The van der Waals surface area contributed by atoms with Gasteiger partial charge in [0.25, 0.3) is 0 Å². The van der Waals surface area contributed by atoms with Gasteiger partial charge in [0, 0.05) is 21.2 Å². The summed E-state index contributed by atoms with van der Waals surface area (Å²) in [6, 6.07) is 16.7. The van der Waals surface area contributed by atoms with Gasteiger partial charge in [-0.2, -0.15) is 0 Å². The van der Waals surface area contributed by atoms with Crippen LogP contribution in [-0.4, -0.2) is 0 Å². The van der Waals surface area contributed by atoms with Gasteiger partial charge < -0.3 is 9.15 Å². The first-order chi connectivity index (χ1) is 14.3. The molecule has 0 bridgehead atoms. The predicted octanol–water partition coefficient (Wildman–Crippen LogP) is 7.27. The molecule has 0 amide bonds. The van der Waals surface area contributed by atoms with E-state index in [1.54, 1.807) is 18.2 Å². The molecule has 5 heteroatoms. The van der Waals surface area contributed by atoms with Gasteiger partial charge in [-0.15, -0.1) is 0 Å². The Labute approximate surface area is 184 Å². The van der Waals surface area contributed by atoms with E-state index in [2.05, 4.69) is 0 Å². The van der Waals surface area contributed by atoms with Gasteiger partial charge >= 0.3 is 0 Å². The minimum atomic E-state index is -0.224. The Hall–Kier alpha value is -2.75. The van der Waals surface area contributed by atoms with Crippen molar-refractivity contribution in [3.8, 4) is 17.1 Å². The lowest BCUT2D eigenvalue weighted by Gasteiger charge is -2.14. The third kappa shape index (κ3) is 3.83. The van der Waals surface area contributed by atoms with Gasteiger partial charge in [-0.1, -0.05) is 59.1 Å². The zero-order valence-electron chi connectivity index (χ0n) is 16.9. The summed E-state index contributed by atoms with van der Waals surface area (Å²) in [5, 5.41) is 1.45. The van der Waals surface area contributed by atoms with E-state index in [0.29, 0.717) is 32.3 Å². The van der Waals surface area contributed by atoms with Gasteiger partial charge in [-0.3, -0.25) is 4.79 Å². The molecular formula is C25H20Cl2O3. The highest BCUT2D eigenvalue weighted by Crippen LogP contribution is 2.33. The summed E-state index contributed by atoms with van der Waals surface area (Å²) in [7, 11) is 0. The molecule has 3 aromatic carbocycles. The molecule has 4 rings (SSSR count). The van der Waals surface area contributed by atoms with Crippen molar-refractivity contribution in [3.05, 3.63) is 97.1 Å². The monoisotopic (exact) mass is 438 g/mol. The van der Waals surface area contributed by atoms with Gasteiger partial charge in [-0.05, 0) is 56.2 Å². The van der Waals surface area contributed by atoms with Crippen molar-refractivity contribution in [3.63, 3.8) is 0 Å². The second kappa shape index (κ2) is 8.17. The number of fused-ring (bicyclic) bond motifs is 1. The maximum absolute atomic E-state index is 13.4. The van der Waals surface area contributed by atoms with Crippen molar-refractivity contribution in [1.29, 1.82) is 0 Å². The van der Waals surface area contributed by atoms with Gasteiger partial charge in [0.2, 0.25) is 11.2 Å². The SMILES string of the molecule is Cc1ccc(-c2oc3cc(C)c(C)cc3c(=O)c2OCc2c(Cl)cccc2Cl)cc1. The molecule has 3 nitrogen and oxygen atoms in total. The van der Waals surface area contributed by atoms with Crippen molar-refractivity contribution in [2.75, 3.05) is 0 Å². The van der Waals surface area contributed by atoms with E-state index in [1.165, 1.54) is 0 Å². The molecule has 0 saturated heterocycles. The summed E-state index contributed by atoms with van der Waals surface area (Å²) in [5.41, 5.74) is 4.86. The molecule has 0 fully saturated rings. The summed E-state index contributed by atoms with van der Waals surface area (Å²) in [4.78, 5) is 13.4. The molecule has 0 aliphatic rings. The van der Waals surface area contributed by atoms with Crippen LogP contribution in [-0.2, 0) is 6.61 Å². The summed E-state index contributed by atoms with van der Waals surface area (Å²) < 4.78 is 12.2. The van der Waals surface area contributed by atoms with Crippen LogP contribution >= 0.6 is 23.2 Å². The molecule has 30 heavy (non-hydrogen) atoms. The highest BCUT2D eigenvalue weighted by atomic mass is 35.5. The molecule has 0 N–H and O–H groups in total. The number of hydrogen-bond acceptors (Lipinski definition) is 3. The second-order valence-electron chi connectivity index (χ2n) is 7.38. The Morgan fingerprint density at radius 2 is 1.53 bits per heavy atom. The molecule has 1 aromatic heterocycles. The van der Waals surface area contributed by atoms with Crippen molar-refractivity contribution in [1.82, 2.24) is 0 Å². The number of hydrogen-bond donors (Lipinski definition) is 0. The van der Waals surface area contributed by atoms with E-state index in [4.69, 9.17) is 32.4 Å². The molecule has 0 saturated carbocycles. The molecular weight excluding hydrogens is 419 g/mol. The van der Waals surface area contributed by atoms with Crippen molar-refractivity contribution >= 4 is 34.2 Å². The minimum absolute atomic E-state index is 0.0540. The highest BCUT2D eigenvalue weighted by molar-refractivity contribution is 6.35. The average Bonchev–Trinajstić information content (AvgIpc) is 2.71. The molecule has 0 atom stereocenters. The average molecular weight is 439 g/mol. The van der Waals surface area contributed by atoms with Crippen LogP contribution in [0.15, 0.2) is 63.8 Å². The summed E-state index contributed by atoms with van der Waals surface area (Å²) in [6.45, 7) is 6.01. The minimum Gasteiger partial charge on any atom is -0.481 e. The standard InChI is InChI=1S/C25H20Cl2O3/c1-14-7-9-17(10-8-14)24-25(29-13-19-20(26)5-4-6-21(19)27)23(28)18-11-15(2)16(3)12-22(18)30-24/h4-12H,13H2,1-3H3. The quantitative estimate of drug-likeness (QED) is 0.336. The molecule has 4 aromatic rings. The van der Waals surface area contributed by atoms with Crippen LogP contribution in [0.5, 0.6) is 5.75 Å². The smallest absolute Gasteiger partial charge is 0.235 e. The van der Waals surface area contributed by atoms with Gasteiger partial charge in [0.1, 0.15) is 12.2 Å². The lowest BCUT2D eigenvalue weighted by atomic mass is 10.0. The molecule has 152 valence electrons. The third-order valence-electron chi connectivity index (χ3n) is 5.20. The fourth-order valence-corrected chi connectivity index (χ4v) is 3.78. The topological polar surface area (TPSA) is 39.4 Å². The molecule has 0 aliphatic heterocycles. The molecule has 1 heterocycles. The van der Waals surface area contributed by atoms with E-state index < -0.39 is 0 Å². The number of aryl methyl sites for hydroxylation is 3. The first-order valence-electron chi connectivity index (χ1n) is 9.56. The van der Waals surface area contributed by atoms with Gasteiger partial charge in [-0.25, -0.2) is 0 Å². The van der Waals surface area contributed by atoms with Crippen molar-refractivity contribution in [2.45, 2.75) is 27.4 Å². The number of benzene rings is 3. The van der Waals surface area contributed by atoms with E-state index in [1.807, 2.05) is 57.2 Å². The normalized spacial score (nSPS) is 11.1. The molecule has 0 radical (unpaired) electrons. The number of ether oxygens (including phenoxy) is 1. The fraction of sp³-hybridized carbons (Fsp3) is 0.160. The lowest BCUT2D eigenvalue weighted by molar-refractivity contribution is 0.298. The Morgan fingerprint density at radius 3 is 2.20 bits per heavy atom. The lowest BCUT2D eigenvalue weighted by Crippen LogP contribution is -2.11. The van der Waals surface area contributed by atoms with Crippen LogP contribution < -0.4 is 10.2 Å². The first kappa shape index (κ1) is 20.5. The predicted molar refractivity (Wildman–Crippen MR) is 123 cm³/mol. The summed E-state index contributed by atoms with van der Waals surface area (Å²) >= 11 is 12.6. The number of rotatable bonds is 4. The summed E-state index contributed by atoms with van der Waals surface area (Å²) in [6.07, 6.45) is 0. The van der Waals surface area contributed by atoms with E-state index in [9.17, 15) is 4.79 Å². The van der Waals surface area contributed by atoms with Crippen LogP contribution in [0.3, 0.4) is 0 Å². The second-order valence-corrected chi connectivity index (χ2v) is 8.19. The fourth-order valence-electron chi connectivity index (χ4n) is 3.27. The Kier molecular flexibility index (Phi) is 5.59. The van der Waals surface area contributed by atoms with Crippen molar-refractivity contribution in [2.24, 2.45) is 0 Å². The highest BCUT2D eigenvalue weighted by Gasteiger charge is 2.19. The zero-order chi connectivity index (χ0) is 21.4. The first-order valence-corrected chi connectivity index (χ1v) is 10.3. The maximum Gasteiger partial charge on any atom is 0.235 e. The largest absolute Gasteiger partial charge is 0.481 e. The van der Waals surface area contributed by atoms with E-state index in [0.717, 1.165) is 22.3 Å². The Bertz CT molecular complexity index is 1280. The Morgan fingerprint density at radius 1 is 0.900 bits per heavy atom. The van der Waals surface area contributed by atoms with Gasteiger partial charge in [0.15, 0.2) is 5.76 Å². The maximum atomic E-state index is 13.4. The van der Waals surface area contributed by atoms with E-state index >= 15 is 0 Å². The van der Waals surface area contributed by atoms with Crippen molar-refractivity contribution < 1.29 is 9.15 Å². The van der Waals surface area contributed by atoms with E-state index in [-0.39, 0.29) is 17.8 Å². The van der Waals surface area contributed by atoms with Crippen LogP contribution in [0.4, 0.5) is 0 Å². The van der Waals surface area contributed by atoms with Crippen LogP contribution in [0, 0.1) is 20.8 Å². The summed E-state index contributed by atoms with van der Waals surface area (Å²) in [5.74, 6) is 0.532. The molecule has 0 unspecified atom stereocenters. The van der Waals surface area contributed by atoms with Crippen LogP contribution in [0.2, 0.25) is 10.0 Å². The zero-order valence-corrected chi connectivity index (χ0v) is 18.4. The van der Waals surface area contributed by atoms with Crippen LogP contribution in [0.25, 0.3) is 22.3 Å². The molecule has 0 spiro atoms. The number of halogens is 2. The van der Waals surface area contributed by atoms with Gasteiger partial charge in [0.05, 0.1) is 5.39 Å².